The van der Waals surface area contributed by atoms with Crippen molar-refractivity contribution in [1.82, 2.24) is 34.5 Å². The molecule has 0 amide bonds. The van der Waals surface area contributed by atoms with E-state index in [1.807, 2.05) is 85.5 Å². The van der Waals surface area contributed by atoms with E-state index < -0.39 is 0 Å². The summed E-state index contributed by atoms with van der Waals surface area (Å²) in [4.78, 5) is 27.8. The van der Waals surface area contributed by atoms with Gasteiger partial charge in [0, 0.05) is 45.1 Å². The predicted molar refractivity (Wildman–Crippen MR) is 167 cm³/mol. The number of nitrogens with one attached hydrogen (secondary N) is 1. The van der Waals surface area contributed by atoms with Crippen molar-refractivity contribution in [2.75, 3.05) is 0 Å². The molecule has 0 aliphatic carbocycles. The first-order chi connectivity index (χ1) is 20.8. The molecule has 1 N–H and O–H groups in total. The molecule has 7 heteroatoms. The van der Waals surface area contributed by atoms with Gasteiger partial charge in [0.1, 0.15) is 0 Å². The molecule has 42 heavy (non-hydrogen) atoms. The number of fused-ring (bicyclic) bond motifs is 10. The molecule has 0 spiro atoms. The van der Waals surface area contributed by atoms with Gasteiger partial charge in [-0.2, -0.15) is 9.97 Å². The van der Waals surface area contributed by atoms with Crippen molar-refractivity contribution in [2.45, 2.75) is 0 Å². The molecular formula is C35H21N7. The highest BCUT2D eigenvalue weighted by Crippen LogP contribution is 2.43. The molecule has 0 fully saturated rings. The smallest absolute Gasteiger partial charge is 0.238 e. The third kappa shape index (κ3) is 3.25. The van der Waals surface area contributed by atoms with E-state index in [0.717, 1.165) is 60.1 Å². The molecule has 0 saturated carbocycles. The number of hydrogen-bond acceptors (Lipinski definition) is 5. The predicted octanol–water partition coefficient (Wildman–Crippen LogP) is 7.88. The zero-order chi connectivity index (χ0) is 27.6. The molecule has 9 rings (SSSR count). The summed E-state index contributed by atoms with van der Waals surface area (Å²) in [5, 5.41) is 6.81. The summed E-state index contributed by atoms with van der Waals surface area (Å²) in [7, 11) is 0. The van der Waals surface area contributed by atoms with E-state index in [9.17, 15) is 0 Å². The summed E-state index contributed by atoms with van der Waals surface area (Å²) in [6.07, 6.45) is 7.47. The standard InChI is InChI=1S/C35H21N7/c1-3-9-21(10-4-1)33-39-34(22-11-5-2-6-12-22)41-35(40-33)42-28-20-37-18-16-26(28)30-24-14-8-7-13-23(24)29-25-15-17-36-19-27(25)38-31(29)32(30)42/h1-20,38H. The van der Waals surface area contributed by atoms with Gasteiger partial charge in [-0.3, -0.25) is 14.5 Å². The number of aromatic nitrogens is 7. The van der Waals surface area contributed by atoms with Crippen LogP contribution in [0.2, 0.25) is 0 Å². The largest absolute Gasteiger partial charge is 0.351 e. The van der Waals surface area contributed by atoms with Crippen molar-refractivity contribution in [2.24, 2.45) is 0 Å². The second-order valence-electron chi connectivity index (χ2n) is 10.3. The van der Waals surface area contributed by atoms with Crippen LogP contribution in [0.3, 0.4) is 0 Å². The van der Waals surface area contributed by atoms with Crippen molar-refractivity contribution in [3.05, 3.63) is 122 Å². The molecule has 0 bridgehead atoms. The molecule has 0 aliphatic heterocycles. The van der Waals surface area contributed by atoms with E-state index in [1.165, 1.54) is 5.39 Å². The maximum atomic E-state index is 5.10. The highest BCUT2D eigenvalue weighted by molar-refractivity contribution is 6.35. The number of rotatable bonds is 3. The van der Waals surface area contributed by atoms with Crippen molar-refractivity contribution in [3.8, 4) is 28.7 Å². The first-order valence-electron chi connectivity index (χ1n) is 13.8. The number of hydrogen-bond donors (Lipinski definition) is 1. The zero-order valence-electron chi connectivity index (χ0n) is 22.2. The van der Waals surface area contributed by atoms with E-state index in [0.29, 0.717) is 17.6 Å². The molecule has 7 nitrogen and oxygen atoms in total. The highest BCUT2D eigenvalue weighted by atomic mass is 15.2. The van der Waals surface area contributed by atoms with Crippen LogP contribution >= 0.6 is 0 Å². The SMILES string of the molecule is c1ccc(-c2nc(-c3ccccc3)nc(-n3c4cnccc4c4c5ccccc5c5c6ccncc6[nH]c5c43)n2)cc1. The summed E-state index contributed by atoms with van der Waals surface area (Å²) in [5.41, 5.74) is 5.74. The lowest BCUT2D eigenvalue weighted by Gasteiger charge is -2.11. The lowest BCUT2D eigenvalue weighted by molar-refractivity contribution is 0.953. The maximum absolute atomic E-state index is 5.10. The molecule has 9 aromatic rings. The number of nitrogens with zero attached hydrogens (tertiary/aromatic N) is 6. The van der Waals surface area contributed by atoms with Gasteiger partial charge in [-0.05, 0) is 22.9 Å². The van der Waals surface area contributed by atoms with Crippen LogP contribution < -0.4 is 0 Å². The molecule has 0 atom stereocenters. The Morgan fingerprint density at radius 1 is 0.524 bits per heavy atom. The third-order valence-corrected chi connectivity index (χ3v) is 7.96. The number of benzene rings is 4. The molecule has 5 aromatic heterocycles. The topological polar surface area (TPSA) is 85.2 Å². The van der Waals surface area contributed by atoms with Gasteiger partial charge in [-0.1, -0.05) is 84.9 Å². The Morgan fingerprint density at radius 2 is 1.12 bits per heavy atom. The van der Waals surface area contributed by atoms with Gasteiger partial charge < -0.3 is 4.98 Å². The molecule has 0 radical (unpaired) electrons. The van der Waals surface area contributed by atoms with Gasteiger partial charge >= 0.3 is 0 Å². The van der Waals surface area contributed by atoms with Crippen LogP contribution in [-0.2, 0) is 0 Å². The quantitative estimate of drug-likeness (QED) is 0.247. The first-order valence-corrected chi connectivity index (χ1v) is 13.8. The summed E-state index contributed by atoms with van der Waals surface area (Å²) in [5.74, 6) is 1.75. The second-order valence-corrected chi connectivity index (χ2v) is 10.3. The Kier molecular flexibility index (Phi) is 4.77. The van der Waals surface area contributed by atoms with Crippen molar-refractivity contribution >= 4 is 54.4 Å². The minimum absolute atomic E-state index is 0.532. The van der Waals surface area contributed by atoms with Gasteiger partial charge in [0.15, 0.2) is 11.6 Å². The van der Waals surface area contributed by atoms with Crippen molar-refractivity contribution in [1.29, 1.82) is 0 Å². The van der Waals surface area contributed by atoms with E-state index in [1.54, 1.807) is 0 Å². The molecule has 196 valence electrons. The summed E-state index contributed by atoms with van der Waals surface area (Å²) < 4.78 is 2.13. The Balaban J connectivity index is 1.50. The number of H-pyrrole nitrogens is 1. The molecular weight excluding hydrogens is 518 g/mol. The highest BCUT2D eigenvalue weighted by Gasteiger charge is 2.23. The molecule has 0 saturated heterocycles. The van der Waals surface area contributed by atoms with Gasteiger partial charge in [0.2, 0.25) is 5.95 Å². The van der Waals surface area contributed by atoms with Crippen LogP contribution in [0.25, 0.3) is 83.1 Å². The lowest BCUT2D eigenvalue weighted by atomic mass is 9.99. The monoisotopic (exact) mass is 539 g/mol. The van der Waals surface area contributed by atoms with Crippen LogP contribution in [0.1, 0.15) is 0 Å². The fourth-order valence-corrected chi connectivity index (χ4v) is 6.17. The third-order valence-electron chi connectivity index (χ3n) is 7.96. The summed E-state index contributed by atoms with van der Waals surface area (Å²) in [6, 6.07) is 32.8. The molecule has 5 heterocycles. The van der Waals surface area contributed by atoms with E-state index >= 15 is 0 Å². The normalized spacial score (nSPS) is 11.8. The number of aromatic amines is 1. The fraction of sp³-hybridized carbons (Fsp3) is 0. The van der Waals surface area contributed by atoms with Crippen LogP contribution in [0.5, 0.6) is 0 Å². The molecule has 4 aromatic carbocycles. The van der Waals surface area contributed by atoms with Gasteiger partial charge in [0.05, 0.1) is 34.5 Å². The Hall–Kier alpha value is -5.95. The van der Waals surface area contributed by atoms with E-state index in [-0.39, 0.29) is 0 Å². The number of pyridine rings is 2. The van der Waals surface area contributed by atoms with Crippen molar-refractivity contribution in [3.63, 3.8) is 0 Å². The van der Waals surface area contributed by atoms with Gasteiger partial charge in [-0.15, -0.1) is 0 Å². The Morgan fingerprint density at radius 3 is 1.81 bits per heavy atom. The molecule has 0 aliphatic rings. The Bertz CT molecular complexity index is 2400. The van der Waals surface area contributed by atoms with Crippen LogP contribution in [0.15, 0.2) is 122 Å². The van der Waals surface area contributed by atoms with Gasteiger partial charge in [-0.25, -0.2) is 4.98 Å². The average molecular weight is 540 g/mol. The maximum Gasteiger partial charge on any atom is 0.238 e. The van der Waals surface area contributed by atoms with Crippen LogP contribution in [0.4, 0.5) is 0 Å². The summed E-state index contributed by atoms with van der Waals surface area (Å²) >= 11 is 0. The van der Waals surface area contributed by atoms with Crippen LogP contribution in [-0.4, -0.2) is 34.5 Å². The Labute approximate surface area is 239 Å². The van der Waals surface area contributed by atoms with Crippen LogP contribution in [0, 0.1) is 0 Å². The minimum Gasteiger partial charge on any atom is -0.351 e. The lowest BCUT2D eigenvalue weighted by Crippen LogP contribution is -2.06. The van der Waals surface area contributed by atoms with E-state index in [4.69, 9.17) is 15.0 Å². The first kappa shape index (κ1) is 22.8. The van der Waals surface area contributed by atoms with Crippen molar-refractivity contribution < 1.29 is 0 Å². The summed E-state index contributed by atoms with van der Waals surface area (Å²) in [6.45, 7) is 0. The zero-order valence-corrected chi connectivity index (χ0v) is 22.2. The fourth-order valence-electron chi connectivity index (χ4n) is 6.17. The second kappa shape index (κ2) is 8.78. The molecule has 0 unspecified atom stereocenters. The average Bonchev–Trinajstić information content (AvgIpc) is 3.62. The minimum atomic E-state index is 0.532. The van der Waals surface area contributed by atoms with E-state index in [2.05, 4.69) is 55.9 Å². The van der Waals surface area contributed by atoms with Gasteiger partial charge in [0.25, 0.3) is 0 Å².